The van der Waals surface area contributed by atoms with E-state index in [0.717, 1.165) is 29.8 Å². The van der Waals surface area contributed by atoms with Crippen LogP contribution in [0.1, 0.15) is 46.4 Å². The normalized spacial score (nSPS) is 10.5. The van der Waals surface area contributed by atoms with Crippen LogP contribution in [0.2, 0.25) is 0 Å². The smallest absolute Gasteiger partial charge is 0.349 e. The van der Waals surface area contributed by atoms with E-state index in [-0.39, 0.29) is 24.7 Å². The van der Waals surface area contributed by atoms with Gasteiger partial charge in [-0.2, -0.15) is 9.98 Å². The van der Waals surface area contributed by atoms with Gasteiger partial charge in [0.05, 0.1) is 23.5 Å². The second-order valence-corrected chi connectivity index (χ2v) is 11.2. The summed E-state index contributed by atoms with van der Waals surface area (Å²) in [7, 11) is 0. The van der Waals surface area contributed by atoms with Crippen molar-refractivity contribution < 1.29 is 63.7 Å². The maximum atomic E-state index is 14.6. The molecule has 4 aromatic carbocycles. The molecule has 0 aromatic heterocycles. The van der Waals surface area contributed by atoms with E-state index in [0.29, 0.717) is 49.9 Å². The predicted octanol–water partition coefficient (Wildman–Crippen LogP) is 10.3. The van der Waals surface area contributed by atoms with Crippen LogP contribution in [-0.2, 0) is 0 Å². The summed E-state index contributed by atoms with van der Waals surface area (Å²) in [5.74, 6) is -15.4. The lowest BCUT2D eigenvalue weighted by atomic mass is 10.1. The number of hydrogen-bond acceptors (Lipinski definition) is 10. The first-order valence-corrected chi connectivity index (χ1v) is 16.0. The van der Waals surface area contributed by atoms with Crippen LogP contribution in [-0.4, -0.2) is 35.5 Å². The van der Waals surface area contributed by atoms with Crippen molar-refractivity contribution >= 4 is 58.1 Å². The van der Waals surface area contributed by atoms with Crippen LogP contribution in [0.15, 0.2) is 70.7 Å². The highest BCUT2D eigenvalue weighted by Crippen LogP contribution is 2.30. The number of carbonyl (C=O) groups excluding carboxylic acids is 2. The molecular weight excluding hydrogens is 773 g/mol. The molecule has 0 unspecified atom stereocenters. The van der Waals surface area contributed by atoms with E-state index < -0.39 is 92.5 Å². The minimum absolute atomic E-state index is 0.0157. The molecule has 8 nitrogen and oxygen atoms in total. The number of isothiocyanates is 2. The minimum Gasteiger partial charge on any atom is -0.493 e. The van der Waals surface area contributed by atoms with E-state index in [2.05, 4.69) is 41.0 Å². The largest absolute Gasteiger partial charge is 0.493 e. The van der Waals surface area contributed by atoms with Gasteiger partial charge in [-0.15, -0.1) is 0 Å². The van der Waals surface area contributed by atoms with E-state index in [4.69, 9.17) is 18.9 Å². The maximum Gasteiger partial charge on any atom is 0.349 e. The minimum atomic E-state index is -1.57. The molecule has 280 valence electrons. The summed E-state index contributed by atoms with van der Waals surface area (Å²) in [6.07, 6.45) is 1.53. The lowest BCUT2D eigenvalue weighted by molar-refractivity contribution is 0.0713. The zero-order valence-corrected chi connectivity index (χ0v) is 28.9. The highest BCUT2D eigenvalue weighted by Gasteiger charge is 2.24. The number of nitrogens with zero attached hydrogens (tertiary/aromatic N) is 2. The van der Waals surface area contributed by atoms with Gasteiger partial charge >= 0.3 is 11.9 Å². The Morgan fingerprint density at radius 3 is 1.13 bits per heavy atom. The van der Waals surface area contributed by atoms with Gasteiger partial charge in [0.25, 0.3) is 0 Å². The summed E-state index contributed by atoms with van der Waals surface area (Å²) in [5, 5.41) is 3.56. The van der Waals surface area contributed by atoms with Crippen molar-refractivity contribution in [3.8, 4) is 23.0 Å². The quantitative estimate of drug-likeness (QED) is 0.0210. The van der Waals surface area contributed by atoms with E-state index >= 15 is 0 Å². The maximum absolute atomic E-state index is 14.6. The molecule has 0 saturated heterocycles. The number of thiocarbonyl (C=S) groups is 2. The molecule has 0 heterocycles. The highest BCUT2D eigenvalue weighted by molar-refractivity contribution is 7.78. The second-order valence-electron chi connectivity index (χ2n) is 10.8. The zero-order chi connectivity index (χ0) is 39.5. The topological polar surface area (TPSA) is 95.8 Å². The lowest BCUT2D eigenvalue weighted by Crippen LogP contribution is -2.14. The van der Waals surface area contributed by atoms with E-state index in [1.54, 1.807) is 10.3 Å². The number of rotatable bonds is 16. The average molecular weight is 795 g/mol. The molecule has 0 amide bonds. The van der Waals surface area contributed by atoms with Gasteiger partial charge < -0.3 is 18.9 Å². The van der Waals surface area contributed by atoms with Crippen molar-refractivity contribution in [3.63, 3.8) is 0 Å². The van der Waals surface area contributed by atoms with Crippen LogP contribution in [0, 0.1) is 46.5 Å². The van der Waals surface area contributed by atoms with E-state index in [1.165, 1.54) is 0 Å². The van der Waals surface area contributed by atoms with Gasteiger partial charge in [0.2, 0.25) is 0 Å². The number of halogens is 8. The van der Waals surface area contributed by atoms with Gasteiger partial charge in [-0.3, -0.25) is 0 Å². The number of ether oxygens (including phenoxy) is 4. The van der Waals surface area contributed by atoms with Crippen molar-refractivity contribution in [1.82, 2.24) is 0 Å². The Labute approximate surface area is 311 Å². The molecule has 4 rings (SSSR count). The van der Waals surface area contributed by atoms with Crippen LogP contribution in [0.25, 0.3) is 0 Å². The molecule has 0 N–H and O–H groups in total. The lowest BCUT2D eigenvalue weighted by Gasteiger charge is -2.12. The molecule has 0 radical (unpaired) electrons. The number of carbonyl (C=O) groups is 2. The SMILES string of the molecule is C=C(CCCOc1cc(F)c(C(=O)Oc2cc(F)c(N=C=S)c(F)c2)c(F)c1)CCCOc1cc(F)c(C(=O)Oc2cc(F)c(N=C=S)c(F)c2)c(F)c1. The summed E-state index contributed by atoms with van der Waals surface area (Å²) in [6.45, 7) is 3.88. The van der Waals surface area contributed by atoms with Crippen molar-refractivity contribution in [2.75, 3.05) is 13.2 Å². The van der Waals surface area contributed by atoms with Crippen molar-refractivity contribution in [3.05, 3.63) is 118 Å². The third-order valence-electron chi connectivity index (χ3n) is 7.04. The standard InChI is InChI=1S/C36H22F8N2O6S2/c1-18(4-2-6-49-19-8-23(37)31(24(38)9-19)35(47)51-21-12-27(41)33(45-16-53)28(42)13-21)5-3-7-50-20-10-25(39)32(26(40)11-20)36(48)52-22-14-29(43)34(46-17-54)30(44)15-22/h8-15H,1-7H2. The Bertz CT molecular complexity index is 1980. The number of esters is 2. The molecule has 0 bridgehead atoms. The average Bonchev–Trinajstić information content (AvgIpc) is 3.08. The fourth-order valence-corrected chi connectivity index (χ4v) is 4.81. The third-order valence-corrected chi connectivity index (χ3v) is 7.23. The molecule has 0 aliphatic heterocycles. The summed E-state index contributed by atoms with van der Waals surface area (Å²) >= 11 is 8.59. The van der Waals surface area contributed by atoms with Gasteiger partial charge in [-0.1, -0.05) is 12.2 Å². The molecular formula is C36H22F8N2O6S2. The van der Waals surface area contributed by atoms with Gasteiger partial charge in [0, 0.05) is 48.5 Å². The molecule has 0 atom stereocenters. The van der Waals surface area contributed by atoms with Crippen molar-refractivity contribution in [2.24, 2.45) is 9.98 Å². The summed E-state index contributed by atoms with van der Waals surface area (Å²) < 4.78 is 135. The molecule has 4 aromatic rings. The Balaban J connectivity index is 1.20. The Kier molecular flexibility index (Phi) is 14.3. The molecule has 0 saturated carbocycles. The first-order valence-electron chi connectivity index (χ1n) is 15.2. The first-order chi connectivity index (χ1) is 25.7. The Morgan fingerprint density at radius 1 is 0.537 bits per heavy atom. The molecule has 0 aliphatic rings. The first kappa shape index (κ1) is 41.0. The van der Waals surface area contributed by atoms with Gasteiger partial charge in [0.15, 0.2) is 23.3 Å². The van der Waals surface area contributed by atoms with Crippen LogP contribution in [0.5, 0.6) is 23.0 Å². The zero-order valence-electron chi connectivity index (χ0n) is 27.3. The molecule has 0 fully saturated rings. The van der Waals surface area contributed by atoms with Gasteiger partial charge in [-0.05, 0) is 50.1 Å². The monoisotopic (exact) mass is 794 g/mol. The van der Waals surface area contributed by atoms with Gasteiger partial charge in [-0.25, -0.2) is 44.7 Å². The fourth-order valence-electron chi connectivity index (χ4n) is 4.63. The number of hydrogen-bond donors (Lipinski definition) is 0. The van der Waals surface area contributed by atoms with Crippen LogP contribution >= 0.6 is 24.4 Å². The number of aliphatic imine (C=N–C) groups is 2. The van der Waals surface area contributed by atoms with Crippen molar-refractivity contribution in [2.45, 2.75) is 25.7 Å². The molecule has 54 heavy (non-hydrogen) atoms. The summed E-state index contributed by atoms with van der Waals surface area (Å²) in [5.41, 5.74) is -3.12. The highest BCUT2D eigenvalue weighted by atomic mass is 32.1. The molecule has 18 heteroatoms. The number of allylic oxidation sites excluding steroid dienone is 1. The van der Waals surface area contributed by atoms with Crippen LogP contribution < -0.4 is 18.9 Å². The van der Waals surface area contributed by atoms with E-state index in [1.807, 2.05) is 0 Å². The fraction of sp³-hybridized carbons (Fsp3) is 0.167. The number of benzene rings is 4. The van der Waals surface area contributed by atoms with Crippen LogP contribution in [0.4, 0.5) is 46.5 Å². The Hall–Kier alpha value is -5.80. The predicted molar refractivity (Wildman–Crippen MR) is 183 cm³/mol. The van der Waals surface area contributed by atoms with Gasteiger partial charge in [0.1, 0.15) is 68.8 Å². The molecule has 0 spiro atoms. The van der Waals surface area contributed by atoms with Crippen LogP contribution in [0.3, 0.4) is 0 Å². The van der Waals surface area contributed by atoms with Crippen molar-refractivity contribution in [1.29, 1.82) is 0 Å². The second kappa shape index (κ2) is 18.8. The summed E-state index contributed by atoms with van der Waals surface area (Å²) in [6, 6.07) is 5.21. The third kappa shape index (κ3) is 10.6. The molecule has 0 aliphatic carbocycles. The Morgan fingerprint density at radius 2 is 0.833 bits per heavy atom. The summed E-state index contributed by atoms with van der Waals surface area (Å²) in [4.78, 5) is 31.1. The van der Waals surface area contributed by atoms with E-state index in [9.17, 15) is 44.7 Å².